The number of aryl methyl sites for hydroxylation is 1. The Morgan fingerprint density at radius 1 is 1.47 bits per heavy atom. The summed E-state index contributed by atoms with van der Waals surface area (Å²) >= 11 is 6.90. The molecule has 90 valence electrons. The number of rotatable bonds is 2. The largest absolute Gasteiger partial charge is 0.317 e. The van der Waals surface area contributed by atoms with Crippen LogP contribution in [-0.4, -0.2) is 34.4 Å². The second-order valence-corrected chi connectivity index (χ2v) is 5.55. The Bertz CT molecular complexity index is 504. The molecule has 1 aliphatic rings. The van der Waals surface area contributed by atoms with Crippen molar-refractivity contribution in [2.45, 2.75) is 13.8 Å². The van der Waals surface area contributed by atoms with E-state index in [9.17, 15) is 4.79 Å². The summed E-state index contributed by atoms with van der Waals surface area (Å²) in [5.74, 6) is -0.00828. The molecule has 1 aliphatic heterocycles. The first kappa shape index (κ1) is 12.3. The second-order valence-electron chi connectivity index (χ2n) is 3.87. The molecule has 0 aromatic carbocycles. The minimum atomic E-state index is -0.00828. The van der Waals surface area contributed by atoms with Gasteiger partial charge in [0.2, 0.25) is 0 Å². The summed E-state index contributed by atoms with van der Waals surface area (Å²) in [6.45, 7) is 4.59. The summed E-state index contributed by atoms with van der Waals surface area (Å²) < 4.78 is 0. The van der Waals surface area contributed by atoms with Crippen molar-refractivity contribution in [1.82, 2.24) is 9.80 Å². The second kappa shape index (κ2) is 4.58. The molecule has 1 fully saturated rings. The lowest BCUT2D eigenvalue weighted by molar-refractivity contribution is -0.122. The molecular formula is C12H14N2OS2. The van der Waals surface area contributed by atoms with Crippen molar-refractivity contribution in [2.75, 3.05) is 13.6 Å². The van der Waals surface area contributed by atoms with Crippen LogP contribution in [0.5, 0.6) is 0 Å². The van der Waals surface area contributed by atoms with Gasteiger partial charge >= 0.3 is 0 Å². The summed E-state index contributed by atoms with van der Waals surface area (Å²) in [6.07, 6.45) is 1.90. The highest BCUT2D eigenvalue weighted by Crippen LogP contribution is 2.24. The van der Waals surface area contributed by atoms with Gasteiger partial charge in [0.15, 0.2) is 5.11 Å². The minimum Gasteiger partial charge on any atom is -0.317 e. The van der Waals surface area contributed by atoms with Crippen molar-refractivity contribution in [2.24, 2.45) is 0 Å². The van der Waals surface area contributed by atoms with Crippen LogP contribution < -0.4 is 0 Å². The zero-order valence-corrected chi connectivity index (χ0v) is 11.7. The molecule has 1 aromatic rings. The zero-order valence-electron chi connectivity index (χ0n) is 10.1. The molecule has 0 saturated carbocycles. The molecule has 17 heavy (non-hydrogen) atoms. The number of thiocarbonyl (C=S) groups is 1. The number of carbonyl (C=O) groups is 1. The Morgan fingerprint density at radius 2 is 2.18 bits per heavy atom. The maximum Gasteiger partial charge on any atom is 0.276 e. The van der Waals surface area contributed by atoms with Crippen molar-refractivity contribution in [3.63, 3.8) is 0 Å². The highest BCUT2D eigenvalue weighted by Gasteiger charge is 2.34. The summed E-state index contributed by atoms with van der Waals surface area (Å²) in [7, 11) is 1.84. The number of amides is 1. The summed E-state index contributed by atoms with van der Waals surface area (Å²) in [5.41, 5.74) is 0.652. The zero-order chi connectivity index (χ0) is 12.6. The van der Waals surface area contributed by atoms with Crippen LogP contribution >= 0.6 is 23.6 Å². The van der Waals surface area contributed by atoms with Gasteiger partial charge in [0.25, 0.3) is 5.91 Å². The monoisotopic (exact) mass is 266 g/mol. The Balaban J connectivity index is 2.36. The predicted molar refractivity (Wildman–Crippen MR) is 74.8 cm³/mol. The van der Waals surface area contributed by atoms with Gasteiger partial charge in [-0.3, -0.25) is 9.69 Å². The molecule has 0 bridgehead atoms. The number of nitrogens with zero attached hydrogens (tertiary/aromatic N) is 2. The molecule has 1 saturated heterocycles. The van der Waals surface area contributed by atoms with Crippen molar-refractivity contribution in [3.05, 3.63) is 27.6 Å². The van der Waals surface area contributed by atoms with Gasteiger partial charge in [-0.2, -0.15) is 0 Å². The highest BCUT2D eigenvalue weighted by molar-refractivity contribution is 7.80. The normalized spacial score (nSPS) is 18.6. The van der Waals surface area contributed by atoms with Crippen LogP contribution in [0, 0.1) is 6.92 Å². The fourth-order valence-corrected chi connectivity index (χ4v) is 2.88. The fourth-order valence-electron chi connectivity index (χ4n) is 1.76. The molecular weight excluding hydrogens is 252 g/mol. The minimum absolute atomic E-state index is 0.00828. The van der Waals surface area contributed by atoms with Gasteiger partial charge in [-0.25, -0.2) is 0 Å². The van der Waals surface area contributed by atoms with Crippen LogP contribution in [-0.2, 0) is 4.79 Å². The van der Waals surface area contributed by atoms with E-state index in [1.165, 1.54) is 4.88 Å². The van der Waals surface area contributed by atoms with E-state index in [0.717, 1.165) is 4.88 Å². The quantitative estimate of drug-likeness (QED) is 0.607. The Labute approximate surface area is 110 Å². The van der Waals surface area contributed by atoms with Gasteiger partial charge in [-0.15, -0.1) is 11.3 Å². The Hall–Kier alpha value is -1.20. The van der Waals surface area contributed by atoms with Crippen LogP contribution in [0.2, 0.25) is 0 Å². The van der Waals surface area contributed by atoms with E-state index in [-0.39, 0.29) is 5.91 Å². The first-order valence-corrected chi connectivity index (χ1v) is 6.64. The number of carbonyl (C=O) groups excluding carboxylic acids is 1. The first-order chi connectivity index (χ1) is 8.04. The lowest BCUT2D eigenvalue weighted by Gasteiger charge is -2.13. The van der Waals surface area contributed by atoms with E-state index in [1.54, 1.807) is 21.1 Å². The fraction of sp³-hybridized carbons (Fsp3) is 0.333. The topological polar surface area (TPSA) is 23.6 Å². The molecule has 0 spiro atoms. The summed E-state index contributed by atoms with van der Waals surface area (Å²) in [5, 5.41) is 0.581. The van der Waals surface area contributed by atoms with Crippen molar-refractivity contribution in [3.8, 4) is 0 Å². The molecule has 2 heterocycles. The van der Waals surface area contributed by atoms with Gasteiger partial charge in [-0.1, -0.05) is 0 Å². The van der Waals surface area contributed by atoms with Gasteiger partial charge in [0.05, 0.1) is 0 Å². The van der Waals surface area contributed by atoms with Crippen LogP contribution in [0.15, 0.2) is 17.8 Å². The summed E-state index contributed by atoms with van der Waals surface area (Å²) in [4.78, 5) is 17.8. The van der Waals surface area contributed by atoms with Crippen molar-refractivity contribution < 1.29 is 4.79 Å². The van der Waals surface area contributed by atoms with Gasteiger partial charge in [-0.05, 0) is 44.3 Å². The molecule has 0 unspecified atom stereocenters. The van der Waals surface area contributed by atoms with E-state index in [1.807, 2.05) is 32.2 Å². The maximum absolute atomic E-state index is 12.1. The molecule has 5 heteroatoms. The van der Waals surface area contributed by atoms with Crippen LogP contribution in [0.3, 0.4) is 0 Å². The third kappa shape index (κ3) is 2.12. The Kier molecular flexibility index (Phi) is 3.31. The number of hydrogen-bond acceptors (Lipinski definition) is 3. The average molecular weight is 266 g/mol. The SMILES string of the molecule is CCN1C(=O)/C(=C/c2ccc(C)s2)N(C)C1=S. The number of hydrogen-bond donors (Lipinski definition) is 0. The molecule has 1 aromatic heterocycles. The smallest absolute Gasteiger partial charge is 0.276 e. The lowest BCUT2D eigenvalue weighted by atomic mass is 10.3. The summed E-state index contributed by atoms with van der Waals surface area (Å²) in [6, 6.07) is 4.07. The molecule has 3 nitrogen and oxygen atoms in total. The molecule has 1 amide bonds. The highest BCUT2D eigenvalue weighted by atomic mass is 32.1. The average Bonchev–Trinajstić information content (AvgIpc) is 2.78. The van der Waals surface area contributed by atoms with Gasteiger partial charge < -0.3 is 4.90 Å². The third-order valence-corrected chi connectivity index (χ3v) is 4.14. The molecule has 0 aliphatic carbocycles. The molecule has 2 rings (SSSR count). The molecule has 0 atom stereocenters. The van der Waals surface area contributed by atoms with E-state index in [4.69, 9.17) is 12.2 Å². The van der Waals surface area contributed by atoms with Crippen molar-refractivity contribution >= 4 is 40.7 Å². The lowest BCUT2D eigenvalue weighted by Crippen LogP contribution is -2.30. The van der Waals surface area contributed by atoms with E-state index in [2.05, 4.69) is 6.92 Å². The molecule has 0 N–H and O–H groups in total. The van der Waals surface area contributed by atoms with E-state index < -0.39 is 0 Å². The van der Waals surface area contributed by atoms with Gasteiger partial charge in [0.1, 0.15) is 5.70 Å². The van der Waals surface area contributed by atoms with Crippen molar-refractivity contribution in [1.29, 1.82) is 0 Å². The maximum atomic E-state index is 12.1. The first-order valence-electron chi connectivity index (χ1n) is 5.42. The number of thiophene rings is 1. The predicted octanol–water partition coefficient (Wildman–Crippen LogP) is 2.48. The standard InChI is InChI=1S/C12H14N2OS2/c1-4-14-11(15)10(13(3)12(14)16)7-9-6-5-8(2)17-9/h5-7H,4H2,1-3H3/b10-7-. The third-order valence-electron chi connectivity index (χ3n) is 2.70. The van der Waals surface area contributed by atoms with E-state index >= 15 is 0 Å². The Morgan fingerprint density at radius 3 is 2.65 bits per heavy atom. The van der Waals surface area contributed by atoms with Crippen LogP contribution in [0.4, 0.5) is 0 Å². The molecule has 0 radical (unpaired) electrons. The number of likely N-dealkylation sites (N-methyl/N-ethyl adjacent to an activating group) is 2. The van der Waals surface area contributed by atoms with Gasteiger partial charge in [0, 0.05) is 23.3 Å². The van der Waals surface area contributed by atoms with Crippen LogP contribution in [0.25, 0.3) is 6.08 Å². The van der Waals surface area contributed by atoms with E-state index in [0.29, 0.717) is 17.4 Å². The van der Waals surface area contributed by atoms with Crippen LogP contribution in [0.1, 0.15) is 16.7 Å².